The number of carbonyl (C=O) groups excluding carboxylic acids is 1. The molecule has 4 N–H and O–H groups in total. The number of nitrogen functional groups attached to an aromatic ring is 1. The number of anilines is 2. The van der Waals surface area contributed by atoms with Crippen LogP contribution in [0.1, 0.15) is 22.8 Å². The lowest BCUT2D eigenvalue weighted by molar-refractivity contribution is -0.138. The van der Waals surface area contributed by atoms with E-state index in [9.17, 15) is 23.1 Å². The number of fused-ring (bicyclic) bond motifs is 1. The lowest BCUT2D eigenvalue weighted by atomic mass is 10.0. The van der Waals surface area contributed by atoms with Crippen molar-refractivity contribution in [3.8, 4) is 5.69 Å². The van der Waals surface area contributed by atoms with Gasteiger partial charge in [0.05, 0.1) is 17.4 Å². The largest absolute Gasteiger partial charge is 0.416 e. The lowest BCUT2D eigenvalue weighted by Gasteiger charge is -2.15. The van der Waals surface area contributed by atoms with Crippen LogP contribution in [0.3, 0.4) is 0 Å². The van der Waals surface area contributed by atoms with Gasteiger partial charge < -0.3 is 16.2 Å². The van der Waals surface area contributed by atoms with Gasteiger partial charge in [0.25, 0.3) is 5.91 Å². The van der Waals surface area contributed by atoms with E-state index in [0.29, 0.717) is 28.0 Å². The highest BCUT2D eigenvalue weighted by molar-refractivity contribution is 5.95. The maximum absolute atomic E-state index is 12.9. The van der Waals surface area contributed by atoms with Crippen molar-refractivity contribution in [3.63, 3.8) is 0 Å². The predicted molar refractivity (Wildman–Crippen MR) is 111 cm³/mol. The molecule has 4 rings (SSSR count). The average molecular weight is 442 g/mol. The highest BCUT2D eigenvalue weighted by Crippen LogP contribution is 2.31. The van der Waals surface area contributed by atoms with Crippen LogP contribution in [0.4, 0.5) is 24.7 Å². The number of aliphatic hydroxyl groups excluding tert-OH is 1. The Morgan fingerprint density at radius 3 is 2.69 bits per heavy atom. The number of nitrogens with two attached hydrogens (primary N) is 1. The van der Waals surface area contributed by atoms with E-state index in [1.807, 2.05) is 0 Å². The zero-order chi connectivity index (χ0) is 23.0. The van der Waals surface area contributed by atoms with Gasteiger partial charge in [0.15, 0.2) is 11.9 Å². The fraction of sp³-hybridized carbons (Fsp3) is 0.143. The van der Waals surface area contributed by atoms with E-state index in [1.165, 1.54) is 12.4 Å². The second kappa shape index (κ2) is 7.93. The molecule has 0 spiro atoms. The Morgan fingerprint density at radius 1 is 1.19 bits per heavy atom. The van der Waals surface area contributed by atoms with Gasteiger partial charge in [-0.05, 0) is 48.4 Å². The fourth-order valence-electron chi connectivity index (χ4n) is 3.29. The fourth-order valence-corrected chi connectivity index (χ4v) is 3.29. The molecule has 0 aliphatic heterocycles. The van der Waals surface area contributed by atoms with Gasteiger partial charge in [-0.15, -0.1) is 0 Å². The molecule has 0 aliphatic carbocycles. The minimum atomic E-state index is -4.58. The normalized spacial score (nSPS) is 12.7. The maximum atomic E-state index is 12.9. The third-order valence-electron chi connectivity index (χ3n) is 4.86. The van der Waals surface area contributed by atoms with E-state index < -0.39 is 23.8 Å². The van der Waals surface area contributed by atoms with Crippen molar-refractivity contribution in [2.45, 2.75) is 19.2 Å². The van der Waals surface area contributed by atoms with Crippen molar-refractivity contribution in [2.75, 3.05) is 11.1 Å². The number of nitrogens with one attached hydrogen (secondary N) is 1. The van der Waals surface area contributed by atoms with Crippen LogP contribution in [0, 0.1) is 6.92 Å². The van der Waals surface area contributed by atoms with Crippen LogP contribution in [0.15, 0.2) is 55.0 Å². The number of rotatable bonds is 4. The summed E-state index contributed by atoms with van der Waals surface area (Å²) in [4.78, 5) is 20.5. The molecule has 0 aliphatic rings. The number of halogens is 3. The minimum Gasteiger partial charge on any atom is -0.382 e. The van der Waals surface area contributed by atoms with Gasteiger partial charge in [-0.25, -0.2) is 14.6 Å². The van der Waals surface area contributed by atoms with E-state index in [0.717, 1.165) is 18.2 Å². The molecule has 0 radical (unpaired) electrons. The highest BCUT2D eigenvalue weighted by Gasteiger charge is 2.31. The summed E-state index contributed by atoms with van der Waals surface area (Å²) < 4.78 is 40.3. The van der Waals surface area contributed by atoms with E-state index >= 15 is 0 Å². The Morgan fingerprint density at radius 2 is 1.97 bits per heavy atom. The summed E-state index contributed by atoms with van der Waals surface area (Å²) in [5.41, 5.74) is 7.66. The molecule has 0 saturated carbocycles. The molecule has 2 aromatic carbocycles. The Labute approximate surface area is 179 Å². The van der Waals surface area contributed by atoms with Crippen LogP contribution >= 0.6 is 0 Å². The maximum Gasteiger partial charge on any atom is 0.416 e. The monoisotopic (exact) mass is 442 g/mol. The van der Waals surface area contributed by atoms with Gasteiger partial charge in [0, 0.05) is 5.69 Å². The number of amides is 1. The molecule has 2 aromatic heterocycles. The highest BCUT2D eigenvalue weighted by atomic mass is 19.4. The van der Waals surface area contributed by atoms with Gasteiger partial charge >= 0.3 is 6.18 Å². The van der Waals surface area contributed by atoms with Crippen molar-refractivity contribution in [1.82, 2.24) is 19.7 Å². The topological polar surface area (TPSA) is 119 Å². The first-order valence-corrected chi connectivity index (χ1v) is 9.36. The summed E-state index contributed by atoms with van der Waals surface area (Å²) in [6.07, 6.45) is -3.47. The number of aryl methyl sites for hydroxylation is 1. The van der Waals surface area contributed by atoms with Crippen molar-refractivity contribution in [1.29, 1.82) is 0 Å². The van der Waals surface area contributed by atoms with Gasteiger partial charge in [-0.3, -0.25) is 4.79 Å². The van der Waals surface area contributed by atoms with Crippen molar-refractivity contribution < 1.29 is 23.1 Å². The van der Waals surface area contributed by atoms with Gasteiger partial charge in [-0.2, -0.15) is 18.3 Å². The third kappa shape index (κ3) is 3.97. The van der Waals surface area contributed by atoms with Crippen LogP contribution in [-0.2, 0) is 11.0 Å². The zero-order valence-electron chi connectivity index (χ0n) is 16.6. The Bertz CT molecular complexity index is 1320. The summed E-state index contributed by atoms with van der Waals surface area (Å²) in [5, 5.41) is 17.0. The second-order valence-electron chi connectivity index (χ2n) is 7.07. The third-order valence-corrected chi connectivity index (χ3v) is 4.86. The lowest BCUT2D eigenvalue weighted by Crippen LogP contribution is -2.21. The van der Waals surface area contributed by atoms with E-state index in [1.54, 1.807) is 36.0 Å². The van der Waals surface area contributed by atoms with Crippen LogP contribution in [0.2, 0.25) is 0 Å². The van der Waals surface area contributed by atoms with Gasteiger partial charge in [-0.1, -0.05) is 12.1 Å². The van der Waals surface area contributed by atoms with E-state index in [2.05, 4.69) is 20.4 Å². The number of nitrogens with zero attached hydrogens (tertiary/aromatic N) is 4. The number of hydrogen-bond donors (Lipinski definition) is 3. The smallest absolute Gasteiger partial charge is 0.382 e. The molecule has 0 unspecified atom stereocenters. The number of aromatic nitrogens is 4. The quantitative estimate of drug-likeness (QED) is 0.446. The number of alkyl halides is 3. The van der Waals surface area contributed by atoms with Crippen LogP contribution in [-0.4, -0.2) is 30.8 Å². The molecule has 0 fully saturated rings. The molecule has 32 heavy (non-hydrogen) atoms. The first-order chi connectivity index (χ1) is 15.1. The summed E-state index contributed by atoms with van der Waals surface area (Å²) in [5.74, 6) is -0.604. The molecule has 11 heteroatoms. The van der Waals surface area contributed by atoms with Crippen LogP contribution < -0.4 is 11.1 Å². The predicted octanol–water partition coefficient (Wildman–Crippen LogP) is 3.40. The number of benzene rings is 2. The first-order valence-electron chi connectivity index (χ1n) is 9.36. The summed E-state index contributed by atoms with van der Waals surface area (Å²) in [7, 11) is 0. The van der Waals surface area contributed by atoms with Gasteiger partial charge in [0.1, 0.15) is 17.4 Å². The number of aliphatic hydroxyl groups is 1. The first kappa shape index (κ1) is 21.2. The number of hydrogen-bond acceptors (Lipinski definition) is 6. The molecule has 0 bridgehead atoms. The molecule has 1 atom stereocenters. The molecule has 8 nitrogen and oxygen atoms in total. The summed E-state index contributed by atoms with van der Waals surface area (Å²) >= 11 is 0. The minimum absolute atomic E-state index is 0.163. The van der Waals surface area contributed by atoms with Crippen molar-refractivity contribution >= 4 is 28.4 Å². The molecule has 0 saturated heterocycles. The second-order valence-corrected chi connectivity index (χ2v) is 7.07. The molecular formula is C21H17F3N6O2. The van der Waals surface area contributed by atoms with Crippen molar-refractivity contribution in [3.05, 3.63) is 71.7 Å². The Kier molecular flexibility index (Phi) is 5.26. The summed E-state index contributed by atoms with van der Waals surface area (Å²) in [6.45, 7) is 1.78. The Balaban J connectivity index is 1.57. The van der Waals surface area contributed by atoms with Crippen molar-refractivity contribution in [2.24, 2.45) is 0 Å². The standard InChI is InChI=1S/C21H17F3N6O2/c1-11-7-14(5-6-16(11)30-17-15(9-28-30)26-10-27-19(17)25)29-20(32)18(31)12-3-2-4-13(8-12)21(22,23)24/h2-10,18,31H,1H3,(H,29,32)(H2,25,26,27)/t18-/m1/s1. The van der Waals surface area contributed by atoms with Crippen LogP contribution in [0.5, 0.6) is 0 Å². The molecule has 2 heterocycles. The Hall–Kier alpha value is -3.99. The van der Waals surface area contributed by atoms with Gasteiger partial charge in [0.2, 0.25) is 0 Å². The molecule has 164 valence electrons. The number of carbonyl (C=O) groups is 1. The molecule has 4 aromatic rings. The van der Waals surface area contributed by atoms with E-state index in [4.69, 9.17) is 5.73 Å². The SMILES string of the molecule is Cc1cc(NC(=O)[C@H](O)c2cccc(C(F)(F)F)c2)ccc1-n1ncc2ncnc(N)c21. The molecular weight excluding hydrogens is 425 g/mol. The average Bonchev–Trinajstić information content (AvgIpc) is 3.18. The summed E-state index contributed by atoms with van der Waals surface area (Å²) in [6, 6.07) is 8.90. The zero-order valence-corrected chi connectivity index (χ0v) is 16.6. The molecule has 1 amide bonds. The van der Waals surface area contributed by atoms with Crippen LogP contribution in [0.25, 0.3) is 16.7 Å². The van der Waals surface area contributed by atoms with E-state index in [-0.39, 0.29) is 11.4 Å².